The summed E-state index contributed by atoms with van der Waals surface area (Å²) >= 11 is 0. The van der Waals surface area contributed by atoms with E-state index in [0.29, 0.717) is 17.8 Å². The van der Waals surface area contributed by atoms with E-state index in [2.05, 4.69) is 35.0 Å². The number of nitrogens with zero attached hydrogens (tertiary/aromatic N) is 4. The summed E-state index contributed by atoms with van der Waals surface area (Å²) in [6.45, 7) is 4.71. The Labute approximate surface area is 135 Å². The van der Waals surface area contributed by atoms with Crippen LogP contribution >= 0.6 is 0 Å². The molecule has 2 rings (SSSR count). The minimum absolute atomic E-state index is 0.258. The van der Waals surface area contributed by atoms with Crippen LogP contribution in [0.5, 0.6) is 0 Å². The van der Waals surface area contributed by atoms with E-state index < -0.39 is 0 Å². The second-order valence-corrected chi connectivity index (χ2v) is 5.29. The van der Waals surface area contributed by atoms with Crippen LogP contribution in [0.15, 0.2) is 24.3 Å². The number of carbonyl (C=O) groups excluding carboxylic acids is 1. The molecule has 0 atom stereocenters. The van der Waals surface area contributed by atoms with Crippen LogP contribution in [-0.4, -0.2) is 28.1 Å². The first-order valence-corrected chi connectivity index (χ1v) is 7.65. The molecule has 0 amide bonds. The molecule has 120 valence electrons. The largest absolute Gasteiger partial charge is 0.465 e. The van der Waals surface area contributed by atoms with Gasteiger partial charge >= 0.3 is 5.97 Å². The van der Waals surface area contributed by atoms with E-state index in [0.717, 1.165) is 24.1 Å². The number of rotatable bonds is 6. The number of carbonyl (C=O) groups is 1. The molecule has 0 fully saturated rings. The topological polar surface area (TPSA) is 80.8 Å². The summed E-state index contributed by atoms with van der Waals surface area (Å²) in [5.41, 5.74) is 2.77. The molecule has 0 N–H and O–H groups in total. The first-order chi connectivity index (χ1) is 11.1. The smallest absolute Gasteiger partial charge is 0.337 e. The lowest BCUT2D eigenvalue weighted by Gasteiger charge is -2.14. The lowest BCUT2D eigenvalue weighted by atomic mass is 9.97. The number of esters is 1. The zero-order chi connectivity index (χ0) is 16.8. The molecular formula is C17H20N4O2. The van der Waals surface area contributed by atoms with Crippen LogP contribution in [0.1, 0.15) is 59.9 Å². The second kappa shape index (κ2) is 7.54. The van der Waals surface area contributed by atoms with Crippen LogP contribution in [-0.2, 0) is 11.3 Å². The monoisotopic (exact) mass is 312 g/mol. The van der Waals surface area contributed by atoms with Crippen molar-refractivity contribution in [2.24, 2.45) is 0 Å². The molecule has 0 aliphatic heterocycles. The van der Waals surface area contributed by atoms with E-state index in [9.17, 15) is 10.1 Å². The summed E-state index contributed by atoms with van der Waals surface area (Å²) < 4.78 is 6.47. The molecule has 6 heteroatoms. The van der Waals surface area contributed by atoms with E-state index in [4.69, 9.17) is 0 Å². The zero-order valence-electron chi connectivity index (χ0n) is 13.6. The minimum atomic E-state index is -0.359. The third kappa shape index (κ3) is 3.57. The molecule has 0 spiro atoms. The van der Waals surface area contributed by atoms with Crippen molar-refractivity contribution in [3.8, 4) is 6.07 Å². The van der Waals surface area contributed by atoms with Crippen molar-refractivity contribution in [3.05, 3.63) is 46.8 Å². The van der Waals surface area contributed by atoms with Gasteiger partial charge in [0.25, 0.3) is 0 Å². The van der Waals surface area contributed by atoms with Gasteiger partial charge < -0.3 is 4.74 Å². The molecule has 0 aliphatic rings. The minimum Gasteiger partial charge on any atom is -0.465 e. The number of methoxy groups -OCH3 is 1. The summed E-state index contributed by atoms with van der Waals surface area (Å²) in [6.07, 6.45) is 1.86. The first-order valence-electron chi connectivity index (χ1n) is 7.65. The molecule has 0 bridgehead atoms. The molecule has 1 aromatic carbocycles. The number of benzene rings is 1. The lowest BCUT2D eigenvalue weighted by molar-refractivity contribution is 0.0600. The van der Waals surface area contributed by atoms with Crippen LogP contribution in [0.4, 0.5) is 0 Å². The quantitative estimate of drug-likeness (QED) is 0.766. The van der Waals surface area contributed by atoms with Gasteiger partial charge in [-0.05, 0) is 30.5 Å². The summed E-state index contributed by atoms with van der Waals surface area (Å²) in [4.78, 5) is 11.5. The number of nitriles is 1. The summed E-state index contributed by atoms with van der Waals surface area (Å²) in [5, 5.41) is 17.4. The Morgan fingerprint density at radius 3 is 2.48 bits per heavy atom. The molecule has 0 unspecified atom stereocenters. The maximum Gasteiger partial charge on any atom is 0.337 e. The van der Waals surface area contributed by atoms with E-state index in [1.165, 1.54) is 7.11 Å². The lowest BCUT2D eigenvalue weighted by Crippen LogP contribution is -2.11. The van der Waals surface area contributed by atoms with Crippen molar-refractivity contribution < 1.29 is 9.53 Å². The van der Waals surface area contributed by atoms with Crippen molar-refractivity contribution in [2.75, 3.05) is 7.11 Å². The number of hydrogen-bond acceptors (Lipinski definition) is 5. The van der Waals surface area contributed by atoms with Crippen LogP contribution < -0.4 is 0 Å². The van der Waals surface area contributed by atoms with Crippen LogP contribution in [0, 0.1) is 11.3 Å². The Morgan fingerprint density at radius 1 is 1.30 bits per heavy atom. The molecule has 0 aliphatic carbocycles. The van der Waals surface area contributed by atoms with Crippen molar-refractivity contribution in [1.82, 2.24) is 15.0 Å². The summed E-state index contributed by atoms with van der Waals surface area (Å²) in [7, 11) is 1.36. The van der Waals surface area contributed by atoms with Crippen LogP contribution in [0.25, 0.3) is 0 Å². The molecular weight excluding hydrogens is 292 g/mol. The Kier molecular flexibility index (Phi) is 5.47. The van der Waals surface area contributed by atoms with Gasteiger partial charge in [-0.1, -0.05) is 31.2 Å². The van der Waals surface area contributed by atoms with Crippen LogP contribution in [0.3, 0.4) is 0 Å². The highest BCUT2D eigenvalue weighted by Gasteiger charge is 2.20. The predicted octanol–water partition coefficient (Wildman–Crippen LogP) is 2.89. The van der Waals surface area contributed by atoms with Gasteiger partial charge in [-0.3, -0.25) is 0 Å². The number of aromatic nitrogens is 3. The fourth-order valence-corrected chi connectivity index (χ4v) is 2.63. The maximum absolute atomic E-state index is 11.5. The third-order valence-corrected chi connectivity index (χ3v) is 3.96. The van der Waals surface area contributed by atoms with Gasteiger partial charge in [0.2, 0.25) is 0 Å². The zero-order valence-corrected chi connectivity index (χ0v) is 13.6. The second-order valence-electron chi connectivity index (χ2n) is 5.29. The van der Waals surface area contributed by atoms with Gasteiger partial charge in [-0.15, -0.1) is 5.10 Å². The maximum atomic E-state index is 11.5. The molecule has 1 heterocycles. The van der Waals surface area contributed by atoms with Gasteiger partial charge in [0.05, 0.1) is 24.9 Å². The highest BCUT2D eigenvalue weighted by molar-refractivity contribution is 5.89. The Hall–Kier alpha value is -2.68. The molecule has 1 aromatic heterocycles. The number of ether oxygens (including phenoxy) is 1. The SMILES string of the molecule is CCC(CC)c1c(C#N)nnn1Cc1ccc(C(=O)OC)cc1. The van der Waals surface area contributed by atoms with Crippen molar-refractivity contribution >= 4 is 5.97 Å². The highest BCUT2D eigenvalue weighted by Crippen LogP contribution is 2.25. The van der Waals surface area contributed by atoms with Gasteiger partial charge in [-0.25, -0.2) is 9.48 Å². The average Bonchev–Trinajstić information content (AvgIpc) is 2.99. The fraction of sp³-hybridized carbons (Fsp3) is 0.412. The van der Waals surface area contributed by atoms with E-state index in [1.54, 1.807) is 16.8 Å². The number of hydrogen-bond donors (Lipinski definition) is 0. The third-order valence-electron chi connectivity index (χ3n) is 3.96. The molecule has 0 saturated carbocycles. The summed E-state index contributed by atoms with van der Waals surface area (Å²) in [5.74, 6) is -0.101. The average molecular weight is 312 g/mol. The molecule has 6 nitrogen and oxygen atoms in total. The predicted molar refractivity (Wildman–Crippen MR) is 84.9 cm³/mol. The Bertz CT molecular complexity index is 709. The van der Waals surface area contributed by atoms with Gasteiger partial charge in [0.15, 0.2) is 5.69 Å². The van der Waals surface area contributed by atoms with Crippen LogP contribution in [0.2, 0.25) is 0 Å². The van der Waals surface area contributed by atoms with E-state index >= 15 is 0 Å². The molecule has 0 saturated heterocycles. The standard InChI is InChI=1S/C17H20N4O2/c1-4-13(5-2)16-15(10-18)19-20-21(16)11-12-6-8-14(9-7-12)17(22)23-3/h6-9,13H,4-5,11H2,1-3H3. The summed E-state index contributed by atoms with van der Waals surface area (Å²) in [6, 6.07) is 9.29. The van der Waals surface area contributed by atoms with E-state index in [1.807, 2.05) is 12.1 Å². The van der Waals surface area contributed by atoms with Crippen molar-refractivity contribution in [3.63, 3.8) is 0 Å². The molecule has 0 radical (unpaired) electrons. The molecule has 23 heavy (non-hydrogen) atoms. The first kappa shape index (κ1) is 16.7. The molecule has 2 aromatic rings. The van der Waals surface area contributed by atoms with Gasteiger partial charge in [0.1, 0.15) is 6.07 Å². The Balaban J connectivity index is 2.28. The van der Waals surface area contributed by atoms with Gasteiger partial charge in [-0.2, -0.15) is 5.26 Å². The van der Waals surface area contributed by atoms with Crippen molar-refractivity contribution in [1.29, 1.82) is 5.26 Å². The van der Waals surface area contributed by atoms with Crippen molar-refractivity contribution in [2.45, 2.75) is 39.2 Å². The van der Waals surface area contributed by atoms with Gasteiger partial charge in [0, 0.05) is 5.92 Å². The van der Waals surface area contributed by atoms with E-state index in [-0.39, 0.29) is 11.9 Å². The highest BCUT2D eigenvalue weighted by atomic mass is 16.5. The fourth-order valence-electron chi connectivity index (χ4n) is 2.63. The Morgan fingerprint density at radius 2 is 1.96 bits per heavy atom. The normalized spacial score (nSPS) is 10.6.